The predicted octanol–water partition coefficient (Wildman–Crippen LogP) is 2.87. The first-order valence-corrected chi connectivity index (χ1v) is 6.40. The van der Waals surface area contributed by atoms with Gasteiger partial charge in [0.15, 0.2) is 5.82 Å². The third kappa shape index (κ3) is 3.31. The van der Waals surface area contributed by atoms with Crippen LogP contribution < -0.4 is 5.32 Å². The maximum Gasteiger partial charge on any atom is 0.157 e. The van der Waals surface area contributed by atoms with Crippen molar-refractivity contribution in [3.8, 4) is 11.5 Å². The Labute approximate surface area is 112 Å². The second-order valence-electron chi connectivity index (χ2n) is 4.62. The van der Waals surface area contributed by atoms with Crippen LogP contribution in [0.25, 0.3) is 11.5 Å². The van der Waals surface area contributed by atoms with E-state index in [1.807, 2.05) is 12.3 Å². The molecule has 0 radical (unpaired) electrons. The molecule has 2 rings (SSSR count). The summed E-state index contributed by atoms with van der Waals surface area (Å²) in [5.74, 6) is 1.35. The lowest BCUT2D eigenvalue weighted by atomic mass is 10.2. The number of hydrogen-bond acceptors (Lipinski definition) is 3. The minimum Gasteiger partial charge on any atom is -0.339 e. The third-order valence-electron chi connectivity index (χ3n) is 2.48. The van der Waals surface area contributed by atoms with Crippen molar-refractivity contribution in [2.75, 3.05) is 6.54 Å². The number of hydrogen-bond donors (Lipinski definition) is 2. The molecule has 0 aliphatic heterocycles. The van der Waals surface area contributed by atoms with Crippen molar-refractivity contribution >= 4 is 11.6 Å². The Morgan fingerprint density at radius 2 is 2.22 bits per heavy atom. The van der Waals surface area contributed by atoms with Crippen LogP contribution in [0.15, 0.2) is 24.5 Å². The molecule has 5 heteroatoms. The molecule has 0 aromatic carbocycles. The Hall–Kier alpha value is -1.39. The highest BCUT2D eigenvalue weighted by Crippen LogP contribution is 2.22. The summed E-state index contributed by atoms with van der Waals surface area (Å²) < 4.78 is 0. The van der Waals surface area contributed by atoms with Gasteiger partial charge in [0.1, 0.15) is 5.69 Å². The molecule has 0 atom stereocenters. The quantitative estimate of drug-likeness (QED) is 0.873. The SMILES string of the molecule is CC(C)CNCc1cnc(-c2ncccc2Cl)[nH]1. The Morgan fingerprint density at radius 3 is 2.94 bits per heavy atom. The van der Waals surface area contributed by atoms with E-state index in [4.69, 9.17) is 11.6 Å². The van der Waals surface area contributed by atoms with Crippen molar-refractivity contribution in [3.05, 3.63) is 35.2 Å². The molecule has 2 N–H and O–H groups in total. The van der Waals surface area contributed by atoms with Gasteiger partial charge in [-0.3, -0.25) is 4.98 Å². The Bertz CT molecular complexity index is 507. The summed E-state index contributed by atoms with van der Waals surface area (Å²) in [6, 6.07) is 3.61. The van der Waals surface area contributed by atoms with Gasteiger partial charge in [-0.05, 0) is 24.6 Å². The third-order valence-corrected chi connectivity index (χ3v) is 2.78. The van der Waals surface area contributed by atoms with Gasteiger partial charge in [0.05, 0.1) is 11.2 Å². The Morgan fingerprint density at radius 1 is 1.39 bits per heavy atom. The summed E-state index contributed by atoms with van der Waals surface area (Å²) in [4.78, 5) is 11.8. The first-order chi connectivity index (χ1) is 8.66. The maximum atomic E-state index is 6.08. The van der Waals surface area contributed by atoms with Gasteiger partial charge in [-0.2, -0.15) is 0 Å². The molecule has 0 saturated carbocycles. The topological polar surface area (TPSA) is 53.6 Å². The molecule has 0 spiro atoms. The molecular weight excluding hydrogens is 248 g/mol. The first kappa shape index (κ1) is 13.1. The summed E-state index contributed by atoms with van der Waals surface area (Å²) >= 11 is 6.08. The number of nitrogens with zero attached hydrogens (tertiary/aromatic N) is 2. The van der Waals surface area contributed by atoms with Crippen LogP contribution in [0.3, 0.4) is 0 Å². The van der Waals surface area contributed by atoms with Crippen LogP contribution in [-0.2, 0) is 6.54 Å². The van der Waals surface area contributed by atoms with E-state index in [-0.39, 0.29) is 0 Å². The fourth-order valence-electron chi connectivity index (χ4n) is 1.62. The number of H-pyrrole nitrogens is 1. The molecule has 0 unspecified atom stereocenters. The minimum absolute atomic E-state index is 0.605. The second-order valence-corrected chi connectivity index (χ2v) is 5.02. The smallest absolute Gasteiger partial charge is 0.157 e. The number of aromatic amines is 1. The van der Waals surface area contributed by atoms with E-state index in [1.54, 1.807) is 12.3 Å². The summed E-state index contributed by atoms with van der Waals surface area (Å²) in [5, 5.41) is 3.96. The van der Waals surface area contributed by atoms with E-state index in [0.717, 1.165) is 18.8 Å². The molecule has 2 aromatic heterocycles. The molecule has 0 fully saturated rings. The van der Waals surface area contributed by atoms with Gasteiger partial charge in [-0.1, -0.05) is 25.4 Å². The number of halogens is 1. The average molecular weight is 265 g/mol. The fourth-order valence-corrected chi connectivity index (χ4v) is 1.84. The summed E-state index contributed by atoms with van der Waals surface area (Å²) in [6.45, 7) is 6.12. The molecule has 2 aromatic rings. The molecule has 96 valence electrons. The van der Waals surface area contributed by atoms with Crippen molar-refractivity contribution in [1.29, 1.82) is 0 Å². The van der Waals surface area contributed by atoms with E-state index >= 15 is 0 Å². The van der Waals surface area contributed by atoms with Crippen LogP contribution in [-0.4, -0.2) is 21.5 Å². The van der Waals surface area contributed by atoms with Crippen molar-refractivity contribution in [1.82, 2.24) is 20.3 Å². The largest absolute Gasteiger partial charge is 0.339 e. The van der Waals surface area contributed by atoms with Crippen LogP contribution in [0.5, 0.6) is 0 Å². The molecule has 0 aliphatic carbocycles. The van der Waals surface area contributed by atoms with Crippen LogP contribution >= 0.6 is 11.6 Å². The van der Waals surface area contributed by atoms with E-state index in [1.165, 1.54) is 0 Å². The zero-order valence-electron chi connectivity index (χ0n) is 10.6. The fraction of sp³-hybridized carbons (Fsp3) is 0.385. The van der Waals surface area contributed by atoms with E-state index in [2.05, 4.69) is 34.1 Å². The number of imidazole rings is 1. The van der Waals surface area contributed by atoms with Gasteiger partial charge in [-0.25, -0.2) is 4.98 Å². The highest BCUT2D eigenvalue weighted by molar-refractivity contribution is 6.32. The molecular formula is C13H17ClN4. The number of rotatable bonds is 5. The van der Waals surface area contributed by atoms with Gasteiger partial charge in [0, 0.05) is 18.4 Å². The Balaban J connectivity index is 2.04. The zero-order chi connectivity index (χ0) is 13.0. The lowest BCUT2D eigenvalue weighted by Crippen LogP contribution is -2.19. The van der Waals surface area contributed by atoms with Gasteiger partial charge < -0.3 is 10.3 Å². The standard InChI is InChI=1S/C13H17ClN4/c1-9(2)6-15-7-10-8-17-13(18-10)12-11(14)4-3-5-16-12/h3-5,8-9,15H,6-7H2,1-2H3,(H,17,18). The number of nitrogens with one attached hydrogen (secondary N) is 2. The average Bonchev–Trinajstić information content (AvgIpc) is 2.78. The highest BCUT2D eigenvalue weighted by atomic mass is 35.5. The maximum absolute atomic E-state index is 6.08. The predicted molar refractivity (Wildman–Crippen MR) is 73.4 cm³/mol. The van der Waals surface area contributed by atoms with Crippen molar-refractivity contribution in [2.45, 2.75) is 20.4 Å². The lowest BCUT2D eigenvalue weighted by Gasteiger charge is -2.05. The van der Waals surface area contributed by atoms with E-state index in [9.17, 15) is 0 Å². The lowest BCUT2D eigenvalue weighted by molar-refractivity contribution is 0.549. The number of pyridine rings is 1. The first-order valence-electron chi connectivity index (χ1n) is 6.02. The summed E-state index contributed by atoms with van der Waals surface area (Å²) in [5.41, 5.74) is 1.72. The normalized spacial score (nSPS) is 11.1. The van der Waals surface area contributed by atoms with Gasteiger partial charge in [-0.15, -0.1) is 0 Å². The minimum atomic E-state index is 0.605. The van der Waals surface area contributed by atoms with E-state index < -0.39 is 0 Å². The van der Waals surface area contributed by atoms with Crippen LogP contribution in [0, 0.1) is 5.92 Å². The van der Waals surface area contributed by atoms with E-state index in [0.29, 0.717) is 22.5 Å². The number of aromatic nitrogens is 3. The molecule has 18 heavy (non-hydrogen) atoms. The van der Waals surface area contributed by atoms with Crippen LogP contribution in [0.2, 0.25) is 5.02 Å². The highest BCUT2D eigenvalue weighted by Gasteiger charge is 2.08. The van der Waals surface area contributed by atoms with Gasteiger partial charge in [0.2, 0.25) is 0 Å². The summed E-state index contributed by atoms with van der Waals surface area (Å²) in [7, 11) is 0. The zero-order valence-corrected chi connectivity index (χ0v) is 11.3. The van der Waals surface area contributed by atoms with Crippen molar-refractivity contribution in [2.24, 2.45) is 5.92 Å². The summed E-state index contributed by atoms with van der Waals surface area (Å²) in [6.07, 6.45) is 3.52. The van der Waals surface area contributed by atoms with Crippen molar-refractivity contribution < 1.29 is 0 Å². The second kappa shape index (κ2) is 5.98. The Kier molecular flexibility index (Phi) is 4.33. The van der Waals surface area contributed by atoms with Gasteiger partial charge >= 0.3 is 0 Å². The molecule has 0 aliphatic rings. The van der Waals surface area contributed by atoms with Crippen LogP contribution in [0.1, 0.15) is 19.5 Å². The molecule has 0 amide bonds. The molecule has 0 saturated heterocycles. The van der Waals surface area contributed by atoms with Gasteiger partial charge in [0.25, 0.3) is 0 Å². The van der Waals surface area contributed by atoms with Crippen LogP contribution in [0.4, 0.5) is 0 Å². The molecule has 4 nitrogen and oxygen atoms in total. The molecule has 0 bridgehead atoms. The molecule has 2 heterocycles. The monoisotopic (exact) mass is 264 g/mol. The van der Waals surface area contributed by atoms with Crippen molar-refractivity contribution in [3.63, 3.8) is 0 Å².